The summed E-state index contributed by atoms with van der Waals surface area (Å²) < 4.78 is 5.09. The van der Waals surface area contributed by atoms with Crippen molar-refractivity contribution < 1.29 is 19.1 Å². The van der Waals surface area contributed by atoms with Gasteiger partial charge in [-0.25, -0.2) is 9.59 Å². The molecule has 4 amide bonds. The molecule has 8 nitrogen and oxygen atoms in total. The topological polar surface area (TPSA) is 109 Å². The summed E-state index contributed by atoms with van der Waals surface area (Å²) in [5, 5.41) is 10.8. The highest BCUT2D eigenvalue weighted by molar-refractivity contribution is 6.05. The van der Waals surface area contributed by atoms with Crippen molar-refractivity contribution in [2.24, 2.45) is 5.92 Å². The summed E-state index contributed by atoms with van der Waals surface area (Å²) in [6.45, 7) is 7.96. The summed E-state index contributed by atoms with van der Waals surface area (Å²) in [6.07, 6.45) is -0.545. The predicted molar refractivity (Wildman–Crippen MR) is 118 cm³/mol. The average molecular weight is 412 g/mol. The van der Waals surface area contributed by atoms with Crippen molar-refractivity contribution in [3.8, 4) is 0 Å². The Morgan fingerprint density at radius 2 is 1.47 bits per heavy atom. The maximum Gasteiger partial charge on any atom is 0.411 e. The number of hydrogen-bond acceptors (Lipinski definition) is 4. The SMILES string of the molecule is CC(C)COC(=O)Nc1cccc(NC(=O)c2ccc(NC(=O)NC(C)C)cc2)c1. The second-order valence-electron chi connectivity index (χ2n) is 7.48. The van der Waals surface area contributed by atoms with Gasteiger partial charge in [-0.05, 0) is 62.2 Å². The van der Waals surface area contributed by atoms with Crippen LogP contribution in [0.2, 0.25) is 0 Å². The van der Waals surface area contributed by atoms with E-state index in [4.69, 9.17) is 4.74 Å². The van der Waals surface area contributed by atoms with Crippen molar-refractivity contribution in [1.29, 1.82) is 0 Å². The van der Waals surface area contributed by atoms with E-state index in [2.05, 4.69) is 21.3 Å². The molecular weight excluding hydrogens is 384 g/mol. The minimum absolute atomic E-state index is 0.0253. The molecule has 0 radical (unpaired) electrons. The van der Waals surface area contributed by atoms with Crippen molar-refractivity contribution >= 4 is 35.1 Å². The van der Waals surface area contributed by atoms with E-state index in [0.29, 0.717) is 29.2 Å². The molecule has 0 atom stereocenters. The van der Waals surface area contributed by atoms with E-state index in [1.807, 2.05) is 27.7 Å². The van der Waals surface area contributed by atoms with E-state index in [-0.39, 0.29) is 23.9 Å². The van der Waals surface area contributed by atoms with Gasteiger partial charge in [0.2, 0.25) is 0 Å². The lowest BCUT2D eigenvalue weighted by molar-refractivity contribution is 0.102. The fourth-order valence-electron chi connectivity index (χ4n) is 2.41. The molecular formula is C22H28N4O4. The third-order valence-electron chi connectivity index (χ3n) is 3.74. The molecule has 0 saturated heterocycles. The molecule has 0 spiro atoms. The number of benzene rings is 2. The molecule has 160 valence electrons. The first-order chi connectivity index (χ1) is 14.2. The lowest BCUT2D eigenvalue weighted by Crippen LogP contribution is -2.34. The first-order valence-electron chi connectivity index (χ1n) is 9.75. The maximum absolute atomic E-state index is 12.5. The Hall–Kier alpha value is -3.55. The molecule has 2 aromatic rings. The van der Waals surface area contributed by atoms with Crippen molar-refractivity contribution in [3.05, 3.63) is 54.1 Å². The van der Waals surface area contributed by atoms with Gasteiger partial charge < -0.3 is 20.7 Å². The molecule has 8 heteroatoms. The molecule has 0 unspecified atom stereocenters. The van der Waals surface area contributed by atoms with Gasteiger partial charge in [-0.1, -0.05) is 19.9 Å². The Morgan fingerprint density at radius 3 is 2.07 bits per heavy atom. The van der Waals surface area contributed by atoms with E-state index in [0.717, 1.165) is 0 Å². The van der Waals surface area contributed by atoms with E-state index in [1.165, 1.54) is 0 Å². The number of hydrogen-bond donors (Lipinski definition) is 4. The van der Waals surface area contributed by atoms with Gasteiger partial charge in [0, 0.05) is 28.7 Å². The molecule has 0 fully saturated rings. The second kappa shape index (κ2) is 10.8. The Labute approximate surface area is 176 Å². The van der Waals surface area contributed by atoms with Crippen LogP contribution in [0.4, 0.5) is 26.7 Å². The van der Waals surface area contributed by atoms with Gasteiger partial charge in [0.15, 0.2) is 0 Å². The van der Waals surface area contributed by atoms with Crippen LogP contribution in [0.1, 0.15) is 38.1 Å². The number of carbonyl (C=O) groups is 3. The summed E-state index contributed by atoms with van der Waals surface area (Å²) in [5.41, 5.74) is 2.05. The van der Waals surface area contributed by atoms with E-state index in [9.17, 15) is 14.4 Å². The maximum atomic E-state index is 12.5. The third kappa shape index (κ3) is 7.83. The fourth-order valence-corrected chi connectivity index (χ4v) is 2.41. The zero-order chi connectivity index (χ0) is 22.1. The minimum Gasteiger partial charge on any atom is -0.449 e. The molecule has 0 aliphatic heterocycles. The molecule has 0 saturated carbocycles. The highest BCUT2D eigenvalue weighted by Crippen LogP contribution is 2.17. The third-order valence-corrected chi connectivity index (χ3v) is 3.74. The summed E-state index contributed by atoms with van der Waals surface area (Å²) in [4.78, 5) is 36.0. The summed E-state index contributed by atoms with van der Waals surface area (Å²) >= 11 is 0. The number of carbonyl (C=O) groups excluding carboxylic acids is 3. The predicted octanol–water partition coefficient (Wildman–Crippen LogP) is 4.67. The molecule has 0 aliphatic carbocycles. The van der Waals surface area contributed by atoms with Crippen molar-refractivity contribution in [2.75, 3.05) is 22.6 Å². The lowest BCUT2D eigenvalue weighted by atomic mass is 10.2. The zero-order valence-electron chi connectivity index (χ0n) is 17.6. The van der Waals surface area contributed by atoms with Crippen molar-refractivity contribution in [1.82, 2.24) is 5.32 Å². The van der Waals surface area contributed by atoms with Crippen LogP contribution in [0.25, 0.3) is 0 Å². The van der Waals surface area contributed by atoms with E-state index < -0.39 is 6.09 Å². The molecule has 2 rings (SSSR count). The number of ether oxygens (including phenoxy) is 1. The standard InChI is InChI=1S/C22H28N4O4/c1-14(2)13-30-22(29)26-19-7-5-6-18(12-19)24-20(27)16-8-10-17(11-9-16)25-21(28)23-15(3)4/h5-12,14-15H,13H2,1-4H3,(H,24,27)(H,26,29)(H2,23,25,28). The highest BCUT2D eigenvalue weighted by Gasteiger charge is 2.09. The molecule has 0 aliphatic rings. The Morgan fingerprint density at radius 1 is 0.833 bits per heavy atom. The molecule has 30 heavy (non-hydrogen) atoms. The van der Waals surface area contributed by atoms with Crippen LogP contribution in [0.3, 0.4) is 0 Å². The fraction of sp³-hybridized carbons (Fsp3) is 0.318. The van der Waals surface area contributed by atoms with Gasteiger partial charge in [-0.3, -0.25) is 10.1 Å². The molecule has 4 N–H and O–H groups in total. The van der Waals surface area contributed by atoms with Gasteiger partial charge in [-0.15, -0.1) is 0 Å². The van der Waals surface area contributed by atoms with E-state index in [1.54, 1.807) is 48.5 Å². The zero-order valence-corrected chi connectivity index (χ0v) is 17.6. The molecule has 2 aromatic carbocycles. The largest absolute Gasteiger partial charge is 0.449 e. The molecule has 0 heterocycles. The van der Waals surface area contributed by atoms with Gasteiger partial charge in [-0.2, -0.15) is 0 Å². The number of amides is 4. The normalized spacial score (nSPS) is 10.5. The number of anilines is 3. The van der Waals surface area contributed by atoms with Crippen LogP contribution < -0.4 is 21.3 Å². The second-order valence-corrected chi connectivity index (χ2v) is 7.48. The quantitative estimate of drug-likeness (QED) is 0.530. The van der Waals surface area contributed by atoms with E-state index >= 15 is 0 Å². The Kier molecular flexibility index (Phi) is 8.22. The molecule has 0 aromatic heterocycles. The van der Waals surface area contributed by atoms with Crippen LogP contribution in [0.5, 0.6) is 0 Å². The highest BCUT2D eigenvalue weighted by atomic mass is 16.5. The smallest absolute Gasteiger partial charge is 0.411 e. The van der Waals surface area contributed by atoms with Gasteiger partial charge >= 0.3 is 12.1 Å². The average Bonchev–Trinajstić information content (AvgIpc) is 2.66. The number of rotatable bonds is 7. The number of urea groups is 1. The van der Waals surface area contributed by atoms with Crippen LogP contribution in [0.15, 0.2) is 48.5 Å². The first-order valence-corrected chi connectivity index (χ1v) is 9.75. The van der Waals surface area contributed by atoms with Crippen molar-refractivity contribution in [3.63, 3.8) is 0 Å². The summed E-state index contributed by atoms with van der Waals surface area (Å²) in [5.74, 6) is -0.0692. The molecule has 0 bridgehead atoms. The van der Waals surface area contributed by atoms with Gasteiger partial charge in [0.25, 0.3) is 5.91 Å². The Balaban J connectivity index is 1.94. The minimum atomic E-state index is -0.545. The van der Waals surface area contributed by atoms with Crippen LogP contribution in [-0.4, -0.2) is 30.7 Å². The van der Waals surface area contributed by atoms with Crippen molar-refractivity contribution in [2.45, 2.75) is 33.7 Å². The summed E-state index contributed by atoms with van der Waals surface area (Å²) in [7, 11) is 0. The lowest BCUT2D eigenvalue weighted by Gasteiger charge is -2.11. The van der Waals surface area contributed by atoms with Crippen LogP contribution in [-0.2, 0) is 4.74 Å². The number of nitrogens with one attached hydrogen (secondary N) is 4. The van der Waals surface area contributed by atoms with Gasteiger partial charge in [0.05, 0.1) is 6.61 Å². The monoisotopic (exact) mass is 412 g/mol. The van der Waals surface area contributed by atoms with Gasteiger partial charge in [0.1, 0.15) is 0 Å². The van der Waals surface area contributed by atoms with Crippen LogP contribution >= 0.6 is 0 Å². The van der Waals surface area contributed by atoms with Crippen LogP contribution in [0, 0.1) is 5.92 Å². The summed E-state index contributed by atoms with van der Waals surface area (Å²) in [6, 6.07) is 13.0. The Bertz CT molecular complexity index is 879. The first kappa shape index (κ1) is 22.7.